The molecule has 0 bridgehead atoms. The molecule has 37 heavy (non-hydrogen) atoms. The largest absolute Gasteiger partial charge is 0.337 e. The van der Waals surface area contributed by atoms with E-state index >= 15 is 0 Å². The molecule has 0 aliphatic heterocycles. The smallest absolute Gasteiger partial charge is 0.0493 e. The van der Waals surface area contributed by atoms with Crippen LogP contribution in [0.15, 0.2) is 48.5 Å². The molecule has 1 nitrogen and oxygen atoms in total. The summed E-state index contributed by atoms with van der Waals surface area (Å²) in [5.74, 6) is 10.6. The molecule has 6 fully saturated rings. The first kappa shape index (κ1) is 22.1. The van der Waals surface area contributed by atoms with E-state index in [9.17, 15) is 0 Å². The van der Waals surface area contributed by atoms with E-state index in [4.69, 9.17) is 0 Å². The van der Waals surface area contributed by atoms with E-state index in [1.807, 2.05) is 0 Å². The lowest BCUT2D eigenvalue weighted by atomic mass is 9.37. The molecular formula is C36H45N. The van der Waals surface area contributed by atoms with Crippen molar-refractivity contribution in [2.24, 2.45) is 59.2 Å². The number of hydrogen-bond acceptors (Lipinski definition) is 0. The van der Waals surface area contributed by atoms with Gasteiger partial charge in [-0.2, -0.15) is 0 Å². The van der Waals surface area contributed by atoms with Gasteiger partial charge in [0.25, 0.3) is 0 Å². The van der Waals surface area contributed by atoms with Crippen molar-refractivity contribution in [2.45, 2.75) is 89.5 Å². The Kier molecular flexibility index (Phi) is 5.00. The molecule has 0 N–H and O–H groups in total. The number of aromatic nitrogens is 1. The standard InChI is InChI=1S/C36H45N/c1-3-12-25-23(10-1)29-16-9-17-30-24-11-2-4-13-26(24)32-21-22(20-31(25)36(32)35(29)30)37-33-18-7-5-14-27(33)28-15-6-8-19-34(28)37/h5-8,14-15,18-19,22-26,29-32,35-36H,1-4,9-13,16-17,20-21H2. The number of hydrogen-bond donors (Lipinski definition) is 0. The van der Waals surface area contributed by atoms with E-state index in [2.05, 4.69) is 53.1 Å². The van der Waals surface area contributed by atoms with Crippen molar-refractivity contribution in [1.82, 2.24) is 4.57 Å². The summed E-state index contributed by atoms with van der Waals surface area (Å²) in [5, 5.41) is 2.96. The van der Waals surface area contributed by atoms with E-state index in [0.29, 0.717) is 6.04 Å². The van der Waals surface area contributed by atoms with E-state index < -0.39 is 0 Å². The Morgan fingerprint density at radius 2 is 0.838 bits per heavy atom. The number of para-hydroxylation sites is 2. The highest BCUT2D eigenvalue weighted by atomic mass is 15.0. The van der Waals surface area contributed by atoms with E-state index in [-0.39, 0.29) is 0 Å². The molecule has 9 rings (SSSR count). The van der Waals surface area contributed by atoms with Crippen molar-refractivity contribution in [3.8, 4) is 0 Å². The molecular weight excluding hydrogens is 446 g/mol. The van der Waals surface area contributed by atoms with Gasteiger partial charge in [-0.05, 0) is 123 Å². The molecule has 8 unspecified atom stereocenters. The van der Waals surface area contributed by atoms with Gasteiger partial charge >= 0.3 is 0 Å². The van der Waals surface area contributed by atoms with Crippen molar-refractivity contribution in [3.05, 3.63) is 48.5 Å². The molecule has 6 saturated carbocycles. The first-order valence-electron chi connectivity index (χ1n) is 16.4. The van der Waals surface area contributed by atoms with Crippen LogP contribution in [0, 0.1) is 59.2 Å². The van der Waals surface area contributed by atoms with Crippen LogP contribution in [-0.4, -0.2) is 4.57 Å². The maximum atomic E-state index is 2.87. The van der Waals surface area contributed by atoms with Crippen molar-refractivity contribution in [3.63, 3.8) is 0 Å². The molecule has 0 radical (unpaired) electrons. The van der Waals surface area contributed by atoms with Gasteiger partial charge in [0.15, 0.2) is 0 Å². The second-order valence-corrected chi connectivity index (χ2v) is 14.5. The van der Waals surface area contributed by atoms with Crippen molar-refractivity contribution < 1.29 is 0 Å². The van der Waals surface area contributed by atoms with Crippen LogP contribution >= 0.6 is 0 Å². The first-order chi connectivity index (χ1) is 18.4. The summed E-state index contributed by atoms with van der Waals surface area (Å²) < 4.78 is 2.87. The van der Waals surface area contributed by atoms with Gasteiger partial charge in [0.05, 0.1) is 0 Å². The third-order valence-corrected chi connectivity index (χ3v) is 13.5. The highest BCUT2D eigenvalue weighted by Gasteiger charge is 2.63. The quantitative estimate of drug-likeness (QED) is 0.319. The zero-order valence-electron chi connectivity index (χ0n) is 22.6. The number of rotatable bonds is 1. The third-order valence-electron chi connectivity index (χ3n) is 13.5. The fourth-order valence-corrected chi connectivity index (χ4v) is 12.8. The first-order valence-corrected chi connectivity index (χ1v) is 16.4. The summed E-state index contributed by atoms with van der Waals surface area (Å²) in [6, 6.07) is 19.4. The van der Waals surface area contributed by atoms with E-state index in [1.165, 1.54) is 60.3 Å². The van der Waals surface area contributed by atoms with Crippen LogP contribution in [0.25, 0.3) is 21.8 Å². The van der Waals surface area contributed by atoms with E-state index in [0.717, 1.165) is 59.2 Å². The molecule has 1 heteroatoms. The molecule has 6 aliphatic rings. The second-order valence-electron chi connectivity index (χ2n) is 14.5. The number of nitrogens with zero attached hydrogens (tertiary/aromatic N) is 1. The van der Waals surface area contributed by atoms with Gasteiger partial charge in [-0.25, -0.2) is 0 Å². The minimum absolute atomic E-state index is 0.692. The van der Waals surface area contributed by atoms with Crippen LogP contribution in [-0.2, 0) is 0 Å². The Balaban J connectivity index is 1.21. The normalized spacial score (nSPS) is 44.7. The van der Waals surface area contributed by atoms with Gasteiger partial charge in [0.1, 0.15) is 0 Å². The van der Waals surface area contributed by atoms with Gasteiger partial charge in [-0.1, -0.05) is 68.5 Å². The second kappa shape index (κ2) is 8.37. The third kappa shape index (κ3) is 3.04. The van der Waals surface area contributed by atoms with Crippen LogP contribution in [0.4, 0.5) is 0 Å². The summed E-state index contributed by atoms with van der Waals surface area (Å²) in [5.41, 5.74) is 3.01. The van der Waals surface area contributed by atoms with Gasteiger partial charge in [-0.15, -0.1) is 0 Å². The van der Waals surface area contributed by atoms with Crippen molar-refractivity contribution in [1.29, 1.82) is 0 Å². The maximum Gasteiger partial charge on any atom is 0.0493 e. The lowest BCUT2D eigenvalue weighted by Gasteiger charge is -2.68. The molecule has 0 saturated heterocycles. The fourth-order valence-electron chi connectivity index (χ4n) is 12.8. The lowest BCUT2D eigenvalue weighted by Crippen LogP contribution is -2.62. The summed E-state index contributed by atoms with van der Waals surface area (Å²) >= 11 is 0. The average molecular weight is 492 g/mol. The van der Waals surface area contributed by atoms with E-state index in [1.54, 1.807) is 44.9 Å². The number of benzene rings is 2. The van der Waals surface area contributed by atoms with Gasteiger partial charge in [-0.3, -0.25) is 0 Å². The Morgan fingerprint density at radius 3 is 1.35 bits per heavy atom. The average Bonchev–Trinajstić information content (AvgIpc) is 3.31. The maximum absolute atomic E-state index is 2.87. The molecule has 1 aromatic heterocycles. The molecule has 1 heterocycles. The van der Waals surface area contributed by atoms with Crippen LogP contribution in [0.5, 0.6) is 0 Å². The summed E-state index contributed by atoms with van der Waals surface area (Å²) in [6.45, 7) is 0. The topological polar surface area (TPSA) is 4.93 Å². The fraction of sp³-hybridized carbons (Fsp3) is 0.667. The SMILES string of the molecule is c1ccc2c(c1)c1ccccc1n2C1CC2C3CCCCC3C3CCCC4C5CCCCC5C(C1)C2C34. The zero-order valence-corrected chi connectivity index (χ0v) is 22.6. The van der Waals surface area contributed by atoms with Crippen LogP contribution in [0.2, 0.25) is 0 Å². The Morgan fingerprint density at radius 1 is 0.432 bits per heavy atom. The highest BCUT2D eigenvalue weighted by Crippen LogP contribution is 2.70. The molecule has 8 atom stereocenters. The summed E-state index contributed by atoms with van der Waals surface area (Å²) in [6.07, 6.45) is 20.0. The van der Waals surface area contributed by atoms with Crippen molar-refractivity contribution >= 4 is 21.8 Å². The monoisotopic (exact) mass is 491 g/mol. The molecule has 0 spiro atoms. The number of fused-ring (bicyclic) bond motifs is 9. The molecule has 2 aromatic carbocycles. The van der Waals surface area contributed by atoms with Crippen LogP contribution in [0.3, 0.4) is 0 Å². The van der Waals surface area contributed by atoms with Crippen LogP contribution in [0.1, 0.15) is 89.5 Å². The molecule has 6 aliphatic carbocycles. The zero-order chi connectivity index (χ0) is 24.1. The molecule has 0 amide bonds. The Bertz CT molecular complexity index is 1220. The Hall–Kier alpha value is -1.76. The summed E-state index contributed by atoms with van der Waals surface area (Å²) in [4.78, 5) is 0. The summed E-state index contributed by atoms with van der Waals surface area (Å²) in [7, 11) is 0. The van der Waals surface area contributed by atoms with Crippen LogP contribution < -0.4 is 0 Å². The minimum atomic E-state index is 0.692. The molecule has 3 aromatic rings. The lowest BCUT2D eigenvalue weighted by molar-refractivity contribution is -0.192. The van der Waals surface area contributed by atoms with Gasteiger partial charge < -0.3 is 4.57 Å². The minimum Gasteiger partial charge on any atom is -0.337 e. The van der Waals surface area contributed by atoms with Gasteiger partial charge in [0.2, 0.25) is 0 Å². The highest BCUT2D eigenvalue weighted by molar-refractivity contribution is 6.08. The van der Waals surface area contributed by atoms with Crippen molar-refractivity contribution in [2.75, 3.05) is 0 Å². The Labute approximate surface area is 223 Å². The predicted octanol–water partition coefficient (Wildman–Crippen LogP) is 9.65. The molecule has 194 valence electrons. The predicted molar refractivity (Wildman–Crippen MR) is 153 cm³/mol. The van der Waals surface area contributed by atoms with Gasteiger partial charge in [0, 0.05) is 27.8 Å².